The fourth-order valence-corrected chi connectivity index (χ4v) is 4.86. The summed E-state index contributed by atoms with van der Waals surface area (Å²) in [6, 6.07) is 7.47. The van der Waals surface area contributed by atoms with Gasteiger partial charge in [-0.2, -0.15) is 0 Å². The number of hydrogen-bond acceptors (Lipinski definition) is 7. The van der Waals surface area contributed by atoms with Crippen LogP contribution in [-0.4, -0.2) is 51.8 Å². The zero-order valence-electron chi connectivity index (χ0n) is 15.2. The standard InChI is InChI=1S/C19H17NO7S/c1-25-16-8-13-18(9-17(16)26-2)28(23,24)20(19(13)22)10-14(21)11-3-4-15-12(7-11)5-6-27-15/h3-4,7-9H,5-6,10H2,1-2H3. The molecule has 0 N–H and O–H groups in total. The number of amides is 1. The first kappa shape index (κ1) is 18.3. The van der Waals surface area contributed by atoms with E-state index < -0.39 is 28.3 Å². The van der Waals surface area contributed by atoms with Crippen molar-refractivity contribution in [3.63, 3.8) is 0 Å². The van der Waals surface area contributed by atoms with Gasteiger partial charge in [-0.1, -0.05) is 0 Å². The molecule has 0 atom stereocenters. The Hall–Kier alpha value is -3.07. The van der Waals surface area contributed by atoms with Crippen molar-refractivity contribution in [1.82, 2.24) is 4.31 Å². The van der Waals surface area contributed by atoms with Gasteiger partial charge in [-0.3, -0.25) is 9.59 Å². The summed E-state index contributed by atoms with van der Waals surface area (Å²) < 4.78 is 42.0. The lowest BCUT2D eigenvalue weighted by molar-refractivity contribution is 0.0820. The highest BCUT2D eigenvalue weighted by atomic mass is 32.2. The number of fused-ring (bicyclic) bond motifs is 2. The number of hydrogen-bond donors (Lipinski definition) is 0. The van der Waals surface area contributed by atoms with Crippen LogP contribution in [0.1, 0.15) is 26.3 Å². The third-order valence-corrected chi connectivity index (χ3v) is 6.58. The Labute approximate surface area is 161 Å². The van der Waals surface area contributed by atoms with E-state index in [-0.39, 0.29) is 22.0 Å². The molecule has 0 saturated carbocycles. The lowest BCUT2D eigenvalue weighted by Crippen LogP contribution is -2.35. The molecule has 0 spiro atoms. The third-order valence-electron chi connectivity index (χ3n) is 4.81. The molecule has 2 aliphatic heterocycles. The molecule has 0 aromatic heterocycles. The van der Waals surface area contributed by atoms with E-state index in [9.17, 15) is 18.0 Å². The van der Waals surface area contributed by atoms with Gasteiger partial charge in [0.15, 0.2) is 17.3 Å². The van der Waals surface area contributed by atoms with Crippen LogP contribution in [0, 0.1) is 0 Å². The molecular formula is C19H17NO7S. The molecule has 28 heavy (non-hydrogen) atoms. The summed E-state index contributed by atoms with van der Waals surface area (Å²) in [7, 11) is -1.41. The number of carbonyl (C=O) groups is 2. The average Bonchev–Trinajstić information content (AvgIpc) is 3.23. The molecule has 2 aliphatic rings. The fraction of sp³-hybridized carbons (Fsp3) is 0.263. The van der Waals surface area contributed by atoms with E-state index in [0.29, 0.717) is 28.6 Å². The molecule has 0 radical (unpaired) electrons. The molecule has 9 heteroatoms. The van der Waals surface area contributed by atoms with Gasteiger partial charge in [0.05, 0.1) is 26.4 Å². The maximum Gasteiger partial charge on any atom is 0.269 e. The van der Waals surface area contributed by atoms with Crippen molar-refractivity contribution in [2.24, 2.45) is 0 Å². The maximum atomic E-state index is 12.9. The molecular weight excluding hydrogens is 386 g/mol. The van der Waals surface area contributed by atoms with Crippen LogP contribution in [0.15, 0.2) is 35.2 Å². The summed E-state index contributed by atoms with van der Waals surface area (Å²) in [4.78, 5) is 25.2. The second-order valence-corrected chi connectivity index (χ2v) is 8.20. The highest BCUT2D eigenvalue weighted by molar-refractivity contribution is 7.90. The second-order valence-electron chi connectivity index (χ2n) is 6.36. The van der Waals surface area contributed by atoms with E-state index in [4.69, 9.17) is 14.2 Å². The number of rotatable bonds is 5. The summed E-state index contributed by atoms with van der Waals surface area (Å²) in [6.45, 7) is -0.0366. The third kappa shape index (κ3) is 2.70. The first-order valence-corrected chi connectivity index (χ1v) is 9.93. The van der Waals surface area contributed by atoms with E-state index in [1.54, 1.807) is 18.2 Å². The maximum absolute atomic E-state index is 12.9. The number of ether oxygens (including phenoxy) is 3. The van der Waals surface area contributed by atoms with E-state index in [0.717, 1.165) is 5.56 Å². The monoisotopic (exact) mass is 403 g/mol. The van der Waals surface area contributed by atoms with Crippen molar-refractivity contribution in [3.05, 3.63) is 47.0 Å². The number of benzene rings is 2. The smallest absolute Gasteiger partial charge is 0.269 e. The van der Waals surface area contributed by atoms with Crippen LogP contribution < -0.4 is 14.2 Å². The molecule has 146 valence electrons. The van der Waals surface area contributed by atoms with Crippen molar-refractivity contribution in [2.45, 2.75) is 11.3 Å². The molecule has 0 fully saturated rings. The predicted molar refractivity (Wildman–Crippen MR) is 97.7 cm³/mol. The fourth-order valence-electron chi connectivity index (χ4n) is 3.34. The summed E-state index contributed by atoms with van der Waals surface area (Å²) >= 11 is 0. The molecule has 2 heterocycles. The minimum absolute atomic E-state index is 0.0483. The van der Waals surface area contributed by atoms with Gasteiger partial charge in [-0.15, -0.1) is 0 Å². The van der Waals surface area contributed by atoms with Crippen molar-refractivity contribution >= 4 is 21.7 Å². The Morgan fingerprint density at radius 1 is 1.14 bits per heavy atom. The van der Waals surface area contributed by atoms with Gasteiger partial charge in [0, 0.05) is 18.1 Å². The molecule has 0 aliphatic carbocycles. The SMILES string of the molecule is COc1cc2c(cc1OC)S(=O)(=O)N(CC(=O)c1ccc3c(c1)CCO3)C2=O. The Balaban J connectivity index is 1.67. The lowest BCUT2D eigenvalue weighted by atomic mass is 10.1. The van der Waals surface area contributed by atoms with Crippen LogP contribution >= 0.6 is 0 Å². The van der Waals surface area contributed by atoms with E-state index >= 15 is 0 Å². The molecule has 2 aromatic carbocycles. The summed E-state index contributed by atoms with van der Waals surface area (Å²) in [5.41, 5.74) is 1.17. The zero-order valence-corrected chi connectivity index (χ0v) is 16.0. The molecule has 2 aromatic rings. The molecule has 0 unspecified atom stereocenters. The number of methoxy groups -OCH3 is 2. The van der Waals surface area contributed by atoms with Gasteiger partial charge in [-0.05, 0) is 29.8 Å². The number of carbonyl (C=O) groups excluding carboxylic acids is 2. The minimum Gasteiger partial charge on any atom is -0.493 e. The largest absolute Gasteiger partial charge is 0.493 e. The second kappa shape index (κ2) is 6.52. The molecule has 1 amide bonds. The van der Waals surface area contributed by atoms with E-state index in [2.05, 4.69) is 0 Å². The van der Waals surface area contributed by atoms with Crippen molar-refractivity contribution in [2.75, 3.05) is 27.4 Å². The highest BCUT2D eigenvalue weighted by Gasteiger charge is 2.43. The van der Waals surface area contributed by atoms with Crippen LogP contribution in [-0.2, 0) is 16.4 Å². The Morgan fingerprint density at radius 2 is 1.86 bits per heavy atom. The van der Waals surface area contributed by atoms with Crippen LogP contribution in [0.2, 0.25) is 0 Å². The van der Waals surface area contributed by atoms with Crippen molar-refractivity contribution in [3.8, 4) is 17.2 Å². The average molecular weight is 403 g/mol. The van der Waals surface area contributed by atoms with Crippen molar-refractivity contribution in [1.29, 1.82) is 0 Å². The summed E-state index contributed by atoms with van der Waals surface area (Å²) in [6.07, 6.45) is 0.683. The molecule has 8 nitrogen and oxygen atoms in total. The Bertz CT molecular complexity index is 1110. The molecule has 0 saturated heterocycles. The quantitative estimate of drug-likeness (QED) is 0.700. The topological polar surface area (TPSA) is 99.2 Å². The van der Waals surface area contributed by atoms with Gasteiger partial charge in [0.25, 0.3) is 15.9 Å². The van der Waals surface area contributed by atoms with Gasteiger partial charge in [-0.25, -0.2) is 12.7 Å². The number of sulfonamides is 1. The lowest BCUT2D eigenvalue weighted by Gasteiger charge is -2.14. The normalized spacial score (nSPS) is 16.4. The molecule has 0 bridgehead atoms. The van der Waals surface area contributed by atoms with Gasteiger partial charge < -0.3 is 14.2 Å². The van der Waals surface area contributed by atoms with Gasteiger partial charge in [0.2, 0.25) is 0 Å². The van der Waals surface area contributed by atoms with Gasteiger partial charge in [0.1, 0.15) is 17.2 Å². The zero-order chi connectivity index (χ0) is 20.1. The Kier molecular flexibility index (Phi) is 4.26. The van der Waals surface area contributed by atoms with Crippen LogP contribution in [0.5, 0.6) is 17.2 Å². The summed E-state index contributed by atoms with van der Waals surface area (Å²) in [5.74, 6) is -0.110. The van der Waals surface area contributed by atoms with E-state index in [1.165, 1.54) is 26.4 Å². The van der Waals surface area contributed by atoms with E-state index in [1.807, 2.05) is 0 Å². The number of nitrogens with zero attached hydrogens (tertiary/aromatic N) is 1. The predicted octanol–water partition coefficient (Wildman–Crippen LogP) is 1.67. The number of Topliss-reactive ketones (excluding diaryl/α,β-unsaturated/α-hetero) is 1. The van der Waals surface area contributed by atoms with Crippen LogP contribution in [0.4, 0.5) is 0 Å². The number of ketones is 1. The minimum atomic E-state index is -4.17. The first-order chi connectivity index (χ1) is 13.4. The first-order valence-electron chi connectivity index (χ1n) is 8.49. The van der Waals surface area contributed by atoms with Crippen molar-refractivity contribution < 1.29 is 32.2 Å². The van der Waals surface area contributed by atoms with Crippen LogP contribution in [0.3, 0.4) is 0 Å². The molecule has 4 rings (SSSR count). The Morgan fingerprint density at radius 3 is 2.57 bits per heavy atom. The summed E-state index contributed by atoms with van der Waals surface area (Å²) in [5, 5.41) is 0. The highest BCUT2D eigenvalue weighted by Crippen LogP contribution is 2.39. The van der Waals surface area contributed by atoms with Crippen LogP contribution in [0.25, 0.3) is 0 Å². The van der Waals surface area contributed by atoms with Gasteiger partial charge >= 0.3 is 0 Å².